The maximum atomic E-state index is 11.6. The molecule has 1 aromatic heterocycles. The van der Waals surface area contributed by atoms with Crippen LogP contribution in [0.15, 0.2) is 12.1 Å². The number of anilines is 2. The van der Waals surface area contributed by atoms with Crippen molar-refractivity contribution in [2.45, 2.75) is 63.5 Å². The molecule has 2 saturated carbocycles. The molecule has 6 heteroatoms. The summed E-state index contributed by atoms with van der Waals surface area (Å²) in [5, 5.41) is 17.2. The molecule has 2 aliphatic carbocycles. The van der Waals surface area contributed by atoms with Crippen LogP contribution in [-0.2, 0) is 0 Å². The largest absolute Gasteiger partial charge is 0.366 e. The number of nitrogens with zero attached hydrogens (tertiary/aromatic N) is 2. The van der Waals surface area contributed by atoms with Crippen molar-refractivity contribution in [2.24, 2.45) is 0 Å². The maximum absolute atomic E-state index is 11.6. The van der Waals surface area contributed by atoms with E-state index >= 15 is 0 Å². The normalized spacial score (nSPS) is 19.6. The second-order valence-electron chi connectivity index (χ2n) is 6.01. The molecule has 0 spiro atoms. The lowest BCUT2D eigenvalue weighted by molar-refractivity contribution is 0.251. The van der Waals surface area contributed by atoms with E-state index < -0.39 is 0 Å². The Labute approximate surface area is 125 Å². The van der Waals surface area contributed by atoms with Gasteiger partial charge in [-0.25, -0.2) is 4.79 Å². The van der Waals surface area contributed by atoms with Crippen LogP contribution in [0.2, 0.25) is 0 Å². The number of hydrogen-bond donors (Lipinski definition) is 3. The molecule has 3 N–H and O–H groups in total. The molecule has 0 unspecified atom stereocenters. The van der Waals surface area contributed by atoms with Crippen LogP contribution >= 0.6 is 0 Å². The molecule has 1 aromatic rings. The van der Waals surface area contributed by atoms with Gasteiger partial charge in [0, 0.05) is 12.1 Å². The minimum Gasteiger partial charge on any atom is -0.366 e. The molecule has 2 aliphatic rings. The van der Waals surface area contributed by atoms with E-state index in [0.29, 0.717) is 17.9 Å². The minimum atomic E-state index is -0.198. The van der Waals surface area contributed by atoms with E-state index in [9.17, 15) is 4.79 Å². The van der Waals surface area contributed by atoms with Gasteiger partial charge >= 0.3 is 6.03 Å². The highest BCUT2D eigenvalue weighted by molar-refractivity contribution is 5.88. The van der Waals surface area contributed by atoms with Gasteiger partial charge in [-0.05, 0) is 37.8 Å². The first-order valence-electron chi connectivity index (χ1n) is 7.97. The number of nitrogens with one attached hydrogen (secondary N) is 3. The van der Waals surface area contributed by atoms with E-state index in [1.807, 2.05) is 6.07 Å². The van der Waals surface area contributed by atoms with Gasteiger partial charge in [0.2, 0.25) is 0 Å². The molecule has 0 saturated heterocycles. The maximum Gasteiger partial charge on any atom is 0.320 e. The Balaban J connectivity index is 1.49. The summed E-state index contributed by atoms with van der Waals surface area (Å²) >= 11 is 0. The van der Waals surface area contributed by atoms with Gasteiger partial charge in [0.15, 0.2) is 5.82 Å². The van der Waals surface area contributed by atoms with Gasteiger partial charge in [-0.15, -0.1) is 10.2 Å². The third-order valence-corrected chi connectivity index (χ3v) is 4.03. The molecule has 2 fully saturated rings. The summed E-state index contributed by atoms with van der Waals surface area (Å²) in [6.45, 7) is 0. The molecule has 0 radical (unpaired) electrons. The van der Waals surface area contributed by atoms with Crippen molar-refractivity contribution < 1.29 is 4.79 Å². The lowest BCUT2D eigenvalue weighted by Crippen LogP contribution is -2.30. The molecule has 0 bridgehead atoms. The predicted molar refractivity (Wildman–Crippen MR) is 82.3 cm³/mol. The molecular formula is C15H23N5O. The summed E-state index contributed by atoms with van der Waals surface area (Å²) in [6, 6.07) is 4.31. The van der Waals surface area contributed by atoms with Crippen molar-refractivity contribution in [2.75, 3.05) is 10.6 Å². The van der Waals surface area contributed by atoms with E-state index in [1.54, 1.807) is 6.07 Å². The minimum absolute atomic E-state index is 0.198. The van der Waals surface area contributed by atoms with Crippen LogP contribution < -0.4 is 16.0 Å². The average molecular weight is 289 g/mol. The van der Waals surface area contributed by atoms with E-state index in [2.05, 4.69) is 26.1 Å². The van der Waals surface area contributed by atoms with Crippen molar-refractivity contribution in [3.63, 3.8) is 0 Å². The Hall–Kier alpha value is -1.85. The van der Waals surface area contributed by atoms with Crippen LogP contribution in [0.3, 0.4) is 0 Å². The summed E-state index contributed by atoms with van der Waals surface area (Å²) in [7, 11) is 0. The molecule has 0 atom stereocenters. The number of aromatic nitrogens is 2. The van der Waals surface area contributed by atoms with Crippen molar-refractivity contribution in [3.8, 4) is 0 Å². The molecule has 0 aromatic carbocycles. The van der Waals surface area contributed by atoms with E-state index in [0.717, 1.165) is 18.7 Å². The monoisotopic (exact) mass is 289 g/mol. The molecule has 0 aliphatic heterocycles. The summed E-state index contributed by atoms with van der Waals surface area (Å²) in [6.07, 6.45) is 9.79. The standard InChI is InChI=1S/C15H23N5O/c21-15(17-12-7-8-12)18-14-10-9-13(19-20-14)16-11-5-3-1-2-4-6-11/h9-12H,1-8H2,(H,16,19)(H2,17,18,20,21). The average Bonchev–Trinajstić information content (AvgIpc) is 3.29. The second-order valence-corrected chi connectivity index (χ2v) is 6.01. The van der Waals surface area contributed by atoms with Crippen LogP contribution in [0.25, 0.3) is 0 Å². The lowest BCUT2D eigenvalue weighted by Gasteiger charge is -2.16. The van der Waals surface area contributed by atoms with Crippen LogP contribution in [-0.4, -0.2) is 28.3 Å². The van der Waals surface area contributed by atoms with Crippen molar-refractivity contribution in [1.82, 2.24) is 15.5 Å². The zero-order valence-electron chi connectivity index (χ0n) is 12.3. The molecule has 2 amide bonds. The van der Waals surface area contributed by atoms with Crippen molar-refractivity contribution >= 4 is 17.7 Å². The topological polar surface area (TPSA) is 78.9 Å². The Bertz CT molecular complexity index is 463. The summed E-state index contributed by atoms with van der Waals surface area (Å²) in [5.74, 6) is 1.27. The Morgan fingerprint density at radius 2 is 1.57 bits per heavy atom. The number of carbonyl (C=O) groups is 1. The molecule has 3 rings (SSSR count). The Morgan fingerprint density at radius 3 is 2.19 bits per heavy atom. The zero-order valence-corrected chi connectivity index (χ0v) is 12.3. The van der Waals surface area contributed by atoms with Gasteiger partial charge in [0.05, 0.1) is 0 Å². The molecule has 114 valence electrons. The van der Waals surface area contributed by atoms with Gasteiger partial charge < -0.3 is 10.6 Å². The van der Waals surface area contributed by atoms with Crippen molar-refractivity contribution in [1.29, 1.82) is 0 Å². The smallest absolute Gasteiger partial charge is 0.320 e. The fourth-order valence-corrected chi connectivity index (χ4v) is 2.67. The molecule has 21 heavy (non-hydrogen) atoms. The van der Waals surface area contributed by atoms with Crippen LogP contribution in [0.4, 0.5) is 16.4 Å². The molecular weight excluding hydrogens is 266 g/mol. The first-order chi connectivity index (χ1) is 10.3. The van der Waals surface area contributed by atoms with Gasteiger partial charge in [-0.1, -0.05) is 25.7 Å². The van der Waals surface area contributed by atoms with E-state index in [-0.39, 0.29) is 6.03 Å². The van der Waals surface area contributed by atoms with E-state index in [1.165, 1.54) is 38.5 Å². The van der Waals surface area contributed by atoms with Gasteiger partial charge in [-0.3, -0.25) is 5.32 Å². The SMILES string of the molecule is O=C(Nc1ccc(NC2CCCCCC2)nn1)NC1CC1. The quantitative estimate of drug-likeness (QED) is 0.745. The van der Waals surface area contributed by atoms with Crippen LogP contribution in [0.5, 0.6) is 0 Å². The van der Waals surface area contributed by atoms with Crippen LogP contribution in [0.1, 0.15) is 51.4 Å². The van der Waals surface area contributed by atoms with Crippen LogP contribution in [0, 0.1) is 0 Å². The summed E-state index contributed by atoms with van der Waals surface area (Å²) in [5.41, 5.74) is 0. The fourth-order valence-electron chi connectivity index (χ4n) is 2.67. The third kappa shape index (κ3) is 4.58. The number of amides is 2. The van der Waals surface area contributed by atoms with Gasteiger partial charge in [0.1, 0.15) is 5.82 Å². The number of rotatable bonds is 4. The zero-order chi connectivity index (χ0) is 14.5. The highest BCUT2D eigenvalue weighted by Gasteiger charge is 2.23. The Morgan fingerprint density at radius 1 is 0.905 bits per heavy atom. The molecule has 6 nitrogen and oxygen atoms in total. The van der Waals surface area contributed by atoms with Crippen molar-refractivity contribution in [3.05, 3.63) is 12.1 Å². The van der Waals surface area contributed by atoms with Gasteiger partial charge in [0.25, 0.3) is 0 Å². The van der Waals surface area contributed by atoms with Gasteiger partial charge in [-0.2, -0.15) is 0 Å². The predicted octanol–water partition coefficient (Wildman–Crippen LogP) is 2.90. The second kappa shape index (κ2) is 6.74. The lowest BCUT2D eigenvalue weighted by atomic mass is 10.1. The molecule has 1 heterocycles. The summed E-state index contributed by atoms with van der Waals surface area (Å²) in [4.78, 5) is 11.6. The number of hydrogen-bond acceptors (Lipinski definition) is 4. The highest BCUT2D eigenvalue weighted by atomic mass is 16.2. The fraction of sp³-hybridized carbons (Fsp3) is 0.667. The number of carbonyl (C=O) groups excluding carboxylic acids is 1. The third-order valence-electron chi connectivity index (χ3n) is 4.03. The number of urea groups is 1. The first kappa shape index (κ1) is 14.1. The van der Waals surface area contributed by atoms with E-state index in [4.69, 9.17) is 0 Å². The summed E-state index contributed by atoms with van der Waals surface area (Å²) < 4.78 is 0. The highest BCUT2D eigenvalue weighted by Crippen LogP contribution is 2.21. The Kier molecular flexibility index (Phi) is 4.52. The first-order valence-corrected chi connectivity index (χ1v) is 7.97.